The Kier molecular flexibility index (Phi) is 3.07. The number of nitrogens with one attached hydrogen (secondary N) is 1. The monoisotopic (exact) mass is 197 g/mol. The van der Waals surface area contributed by atoms with Crippen molar-refractivity contribution in [1.82, 2.24) is 15.2 Å². The van der Waals surface area contributed by atoms with Crippen LogP contribution in [-0.2, 0) is 0 Å². The van der Waals surface area contributed by atoms with Crippen LogP contribution in [0.1, 0.15) is 0 Å². The van der Waals surface area contributed by atoms with E-state index in [2.05, 4.69) is 33.4 Å². The van der Waals surface area contributed by atoms with E-state index in [1.807, 2.05) is 30.5 Å². The number of aromatic nitrogens is 3. The molecule has 3 nitrogen and oxygen atoms in total. The average molecular weight is 197 g/mol. The van der Waals surface area contributed by atoms with Crippen LogP contribution >= 0.6 is 0 Å². The molecule has 2 heterocycles. The van der Waals surface area contributed by atoms with Gasteiger partial charge in [-0.05, 0) is 29.7 Å². The molecule has 1 aromatic carbocycles. The molecule has 0 saturated carbocycles. The van der Waals surface area contributed by atoms with Crippen LogP contribution in [0.3, 0.4) is 0 Å². The predicted octanol–water partition coefficient (Wildman–Crippen LogP) is 2.64. The van der Waals surface area contributed by atoms with Crippen LogP contribution in [-0.4, -0.2) is 15.2 Å². The first-order valence-electron chi connectivity index (χ1n) is 4.70. The highest BCUT2D eigenvalue weighted by molar-refractivity contribution is 5.78. The van der Waals surface area contributed by atoms with Crippen molar-refractivity contribution in [3.63, 3.8) is 0 Å². The summed E-state index contributed by atoms with van der Waals surface area (Å²) in [5, 5.41) is 8.34. The van der Waals surface area contributed by atoms with Gasteiger partial charge in [-0.15, -0.1) is 0 Å². The molecule has 2 aromatic heterocycles. The molecule has 3 aromatic rings. The van der Waals surface area contributed by atoms with Crippen LogP contribution in [0.4, 0.5) is 0 Å². The molecule has 0 atom stereocenters. The minimum Gasteiger partial charge on any atom is -0.361 e. The van der Waals surface area contributed by atoms with Crippen molar-refractivity contribution >= 4 is 10.9 Å². The minimum absolute atomic E-state index is 1.21. The van der Waals surface area contributed by atoms with Crippen molar-refractivity contribution in [3.05, 3.63) is 61.1 Å². The highest BCUT2D eigenvalue weighted by Crippen LogP contribution is 2.09. The lowest BCUT2D eigenvalue weighted by molar-refractivity contribution is 1.03. The molecule has 0 aliphatic rings. The summed E-state index contributed by atoms with van der Waals surface area (Å²) in [7, 11) is 0. The second kappa shape index (κ2) is 4.91. The molecule has 0 aliphatic heterocycles. The molecule has 0 fully saturated rings. The van der Waals surface area contributed by atoms with Crippen LogP contribution in [0.5, 0.6) is 0 Å². The molecule has 15 heavy (non-hydrogen) atoms. The van der Waals surface area contributed by atoms with Gasteiger partial charge in [0.05, 0.1) is 0 Å². The Hall–Kier alpha value is -2.16. The molecule has 0 spiro atoms. The Balaban J connectivity index is 0.000000124. The molecular formula is C12H11N3. The average Bonchev–Trinajstić information content (AvgIpc) is 2.80. The molecule has 1 N–H and O–H groups in total. The van der Waals surface area contributed by atoms with E-state index in [1.165, 1.54) is 10.9 Å². The van der Waals surface area contributed by atoms with Crippen molar-refractivity contribution in [3.8, 4) is 0 Å². The van der Waals surface area contributed by atoms with E-state index in [0.29, 0.717) is 0 Å². The Bertz CT molecular complexity index is 445. The number of rotatable bonds is 0. The zero-order chi connectivity index (χ0) is 10.3. The van der Waals surface area contributed by atoms with Gasteiger partial charge in [0.15, 0.2) is 0 Å². The second-order valence-electron chi connectivity index (χ2n) is 2.98. The van der Waals surface area contributed by atoms with Gasteiger partial charge in [-0.25, -0.2) is 0 Å². The highest BCUT2D eigenvalue weighted by atomic mass is 15.1. The largest absolute Gasteiger partial charge is 0.361 e. The predicted molar refractivity (Wildman–Crippen MR) is 60.3 cm³/mol. The van der Waals surface area contributed by atoms with Crippen LogP contribution < -0.4 is 0 Å². The molecule has 0 aliphatic carbocycles. The first-order valence-corrected chi connectivity index (χ1v) is 4.70. The van der Waals surface area contributed by atoms with Crippen molar-refractivity contribution < 1.29 is 0 Å². The molecule has 0 bridgehead atoms. The summed E-state index contributed by atoms with van der Waals surface area (Å²) in [6.07, 6.45) is 5.23. The maximum atomic E-state index is 3.53. The van der Waals surface area contributed by atoms with Gasteiger partial charge >= 0.3 is 0 Å². The summed E-state index contributed by atoms with van der Waals surface area (Å²) < 4.78 is 0. The Labute approximate surface area is 87.8 Å². The summed E-state index contributed by atoms with van der Waals surface area (Å²) in [4.78, 5) is 3.12. The lowest BCUT2D eigenvalue weighted by Crippen LogP contribution is -1.69. The standard InChI is InChI=1S/C8H7N.C4H4N2/c1-2-4-8-7(3-1)5-6-9-8;1-2-4-6-5-3-1/h1-6,9H;1-4H. The molecule has 0 amide bonds. The number of H-pyrrole nitrogens is 1. The SMILES string of the molecule is c1ccc2[nH]ccc2c1.c1ccnnc1. The fourth-order valence-corrected chi connectivity index (χ4v) is 1.25. The maximum absolute atomic E-state index is 3.53. The van der Waals surface area contributed by atoms with E-state index in [1.54, 1.807) is 12.4 Å². The van der Waals surface area contributed by atoms with Crippen LogP contribution in [0, 0.1) is 0 Å². The number of fused-ring (bicyclic) bond motifs is 1. The first-order chi connectivity index (χ1) is 7.47. The molecule has 0 unspecified atom stereocenters. The molecule has 0 radical (unpaired) electrons. The topological polar surface area (TPSA) is 41.6 Å². The fraction of sp³-hybridized carbons (Fsp3) is 0. The quantitative estimate of drug-likeness (QED) is 0.602. The van der Waals surface area contributed by atoms with Gasteiger partial charge in [-0.1, -0.05) is 18.2 Å². The number of hydrogen-bond donors (Lipinski definition) is 1. The molecule has 0 saturated heterocycles. The Morgan fingerprint density at radius 2 is 1.53 bits per heavy atom. The summed E-state index contributed by atoms with van der Waals surface area (Å²) in [6, 6.07) is 13.9. The lowest BCUT2D eigenvalue weighted by atomic mass is 10.3. The maximum Gasteiger partial charge on any atom is 0.0496 e. The summed E-state index contributed by atoms with van der Waals surface area (Å²) in [6.45, 7) is 0. The fourth-order valence-electron chi connectivity index (χ4n) is 1.25. The van der Waals surface area contributed by atoms with Crippen molar-refractivity contribution in [2.45, 2.75) is 0 Å². The molecule has 3 heteroatoms. The number of aromatic amines is 1. The minimum atomic E-state index is 1.21. The zero-order valence-corrected chi connectivity index (χ0v) is 8.17. The van der Waals surface area contributed by atoms with Crippen LogP contribution in [0.15, 0.2) is 61.1 Å². The Morgan fingerprint density at radius 3 is 2.13 bits per heavy atom. The Morgan fingerprint density at radius 1 is 0.800 bits per heavy atom. The third-order valence-electron chi connectivity index (χ3n) is 1.95. The van der Waals surface area contributed by atoms with E-state index in [4.69, 9.17) is 0 Å². The third kappa shape index (κ3) is 2.64. The number of hydrogen-bond acceptors (Lipinski definition) is 2. The smallest absolute Gasteiger partial charge is 0.0496 e. The van der Waals surface area contributed by atoms with Crippen LogP contribution in [0.25, 0.3) is 10.9 Å². The zero-order valence-electron chi connectivity index (χ0n) is 8.17. The van der Waals surface area contributed by atoms with Gasteiger partial charge in [0.1, 0.15) is 0 Å². The van der Waals surface area contributed by atoms with Crippen molar-refractivity contribution in [2.75, 3.05) is 0 Å². The van der Waals surface area contributed by atoms with Gasteiger partial charge in [0.2, 0.25) is 0 Å². The molecule has 74 valence electrons. The van der Waals surface area contributed by atoms with Gasteiger partial charge < -0.3 is 4.98 Å². The van der Waals surface area contributed by atoms with Crippen molar-refractivity contribution in [2.24, 2.45) is 0 Å². The number of nitrogens with zero attached hydrogens (tertiary/aromatic N) is 2. The van der Waals surface area contributed by atoms with E-state index in [9.17, 15) is 0 Å². The third-order valence-corrected chi connectivity index (χ3v) is 1.95. The van der Waals surface area contributed by atoms with E-state index in [-0.39, 0.29) is 0 Å². The number of para-hydroxylation sites is 1. The van der Waals surface area contributed by atoms with E-state index in [0.717, 1.165) is 0 Å². The van der Waals surface area contributed by atoms with E-state index < -0.39 is 0 Å². The van der Waals surface area contributed by atoms with Gasteiger partial charge in [0.25, 0.3) is 0 Å². The first kappa shape index (κ1) is 9.40. The molecular weight excluding hydrogens is 186 g/mol. The summed E-state index contributed by atoms with van der Waals surface area (Å²) in [5.74, 6) is 0. The highest BCUT2D eigenvalue weighted by Gasteiger charge is 1.86. The summed E-state index contributed by atoms with van der Waals surface area (Å²) in [5.41, 5.74) is 1.21. The van der Waals surface area contributed by atoms with E-state index >= 15 is 0 Å². The summed E-state index contributed by atoms with van der Waals surface area (Å²) >= 11 is 0. The van der Waals surface area contributed by atoms with Gasteiger partial charge in [-0.3, -0.25) is 0 Å². The normalized spacial score (nSPS) is 9.33. The van der Waals surface area contributed by atoms with Crippen molar-refractivity contribution in [1.29, 1.82) is 0 Å². The second-order valence-corrected chi connectivity index (χ2v) is 2.98. The number of benzene rings is 1. The van der Waals surface area contributed by atoms with Gasteiger partial charge in [-0.2, -0.15) is 10.2 Å². The van der Waals surface area contributed by atoms with Crippen LogP contribution in [0.2, 0.25) is 0 Å². The molecule has 3 rings (SSSR count). The lowest BCUT2D eigenvalue weighted by Gasteiger charge is -1.83. The van der Waals surface area contributed by atoms with Gasteiger partial charge in [0, 0.05) is 24.1 Å².